The first-order valence-electron chi connectivity index (χ1n) is 10.1. The van der Waals surface area contributed by atoms with Crippen LogP contribution in [0.15, 0.2) is 42.5 Å². The summed E-state index contributed by atoms with van der Waals surface area (Å²) in [5.74, 6) is 0.828. The zero-order valence-corrected chi connectivity index (χ0v) is 17.9. The number of urea groups is 1. The molecular formula is C22H30ClN4O2+. The molecule has 1 heterocycles. The van der Waals surface area contributed by atoms with Crippen LogP contribution in [0, 0.1) is 6.92 Å². The molecule has 156 valence electrons. The molecule has 1 aliphatic heterocycles. The molecule has 0 radical (unpaired) electrons. The number of aryl methyl sites for hydroxylation is 1. The maximum Gasteiger partial charge on any atom is 0.319 e. The van der Waals surface area contributed by atoms with Gasteiger partial charge in [0.15, 0.2) is 0 Å². The zero-order valence-electron chi connectivity index (χ0n) is 17.1. The Hall–Kier alpha value is -2.44. The highest BCUT2D eigenvalue weighted by Gasteiger charge is 2.21. The van der Waals surface area contributed by atoms with E-state index in [0.29, 0.717) is 6.54 Å². The van der Waals surface area contributed by atoms with Gasteiger partial charge >= 0.3 is 6.03 Å². The fourth-order valence-electron chi connectivity index (χ4n) is 3.53. The van der Waals surface area contributed by atoms with Gasteiger partial charge in [0.05, 0.1) is 50.5 Å². The first-order valence-corrected chi connectivity index (χ1v) is 10.5. The van der Waals surface area contributed by atoms with Gasteiger partial charge in [-0.15, -0.1) is 0 Å². The third-order valence-electron chi connectivity index (χ3n) is 5.27. The second kappa shape index (κ2) is 10.4. The number of quaternary nitrogens is 1. The Morgan fingerprint density at radius 2 is 1.90 bits per heavy atom. The minimum atomic E-state index is -0.152. The predicted octanol–water partition coefficient (Wildman–Crippen LogP) is 2.57. The van der Waals surface area contributed by atoms with Crippen LogP contribution in [0.4, 0.5) is 16.2 Å². The summed E-state index contributed by atoms with van der Waals surface area (Å²) in [4.78, 5) is 15.9. The lowest BCUT2D eigenvalue weighted by molar-refractivity contribution is -0.900. The summed E-state index contributed by atoms with van der Waals surface area (Å²) in [6.45, 7) is 7.79. The van der Waals surface area contributed by atoms with Crippen LogP contribution in [-0.2, 0) is 0 Å². The van der Waals surface area contributed by atoms with E-state index in [1.54, 1.807) is 12.0 Å². The van der Waals surface area contributed by atoms with Crippen molar-refractivity contribution >= 4 is 29.0 Å². The van der Waals surface area contributed by atoms with Crippen molar-refractivity contribution in [3.05, 3.63) is 53.1 Å². The van der Waals surface area contributed by atoms with Crippen LogP contribution < -0.4 is 25.2 Å². The second-order valence-corrected chi connectivity index (χ2v) is 7.81. The molecule has 0 atom stereocenters. The average Bonchev–Trinajstić information content (AvgIpc) is 2.74. The summed E-state index contributed by atoms with van der Waals surface area (Å²) in [5.41, 5.74) is 3.03. The molecule has 0 bridgehead atoms. The van der Waals surface area contributed by atoms with Crippen molar-refractivity contribution in [1.82, 2.24) is 5.32 Å². The molecule has 0 aromatic heterocycles. The molecule has 29 heavy (non-hydrogen) atoms. The molecule has 1 aliphatic rings. The number of methoxy groups -OCH3 is 1. The van der Waals surface area contributed by atoms with Crippen LogP contribution in [0.1, 0.15) is 12.0 Å². The Labute approximate surface area is 177 Å². The number of amides is 2. The smallest absolute Gasteiger partial charge is 0.319 e. The van der Waals surface area contributed by atoms with E-state index in [4.69, 9.17) is 16.3 Å². The highest BCUT2D eigenvalue weighted by atomic mass is 35.5. The van der Waals surface area contributed by atoms with Crippen molar-refractivity contribution in [2.24, 2.45) is 0 Å². The van der Waals surface area contributed by atoms with Gasteiger partial charge in [-0.05, 0) is 31.2 Å². The van der Waals surface area contributed by atoms with E-state index in [2.05, 4.69) is 15.5 Å². The number of ether oxygens (including phenoxy) is 1. The molecule has 3 N–H and O–H groups in total. The monoisotopic (exact) mass is 417 g/mol. The van der Waals surface area contributed by atoms with Crippen LogP contribution in [-0.4, -0.2) is 52.4 Å². The number of nitrogens with zero attached hydrogens (tertiary/aromatic N) is 1. The minimum absolute atomic E-state index is 0.152. The fourth-order valence-corrected chi connectivity index (χ4v) is 3.77. The Morgan fingerprint density at radius 3 is 2.59 bits per heavy atom. The van der Waals surface area contributed by atoms with Gasteiger partial charge < -0.3 is 25.2 Å². The maximum absolute atomic E-state index is 12.0. The van der Waals surface area contributed by atoms with E-state index in [1.807, 2.05) is 49.4 Å². The van der Waals surface area contributed by atoms with E-state index >= 15 is 0 Å². The maximum atomic E-state index is 12.0. The highest BCUT2D eigenvalue weighted by molar-refractivity contribution is 6.33. The average molecular weight is 418 g/mol. The zero-order chi connectivity index (χ0) is 20.6. The Bertz CT molecular complexity index is 805. The summed E-state index contributed by atoms with van der Waals surface area (Å²) in [7, 11) is 1.67. The summed E-state index contributed by atoms with van der Waals surface area (Å²) in [6, 6.07) is 13.4. The van der Waals surface area contributed by atoms with Gasteiger partial charge in [-0.2, -0.15) is 0 Å². The van der Waals surface area contributed by atoms with Crippen molar-refractivity contribution in [1.29, 1.82) is 0 Å². The molecule has 6 nitrogen and oxygen atoms in total. The number of carbonyl (C=O) groups excluding carboxylic acids is 1. The summed E-state index contributed by atoms with van der Waals surface area (Å²) in [5, 5.41) is 6.56. The molecule has 2 amide bonds. The van der Waals surface area contributed by atoms with Gasteiger partial charge in [0.1, 0.15) is 5.75 Å². The Kier molecular flexibility index (Phi) is 7.61. The van der Waals surface area contributed by atoms with E-state index in [1.165, 1.54) is 5.56 Å². The molecule has 0 unspecified atom stereocenters. The van der Waals surface area contributed by atoms with Gasteiger partial charge in [-0.1, -0.05) is 29.3 Å². The van der Waals surface area contributed by atoms with Gasteiger partial charge in [-0.25, -0.2) is 4.79 Å². The van der Waals surface area contributed by atoms with Gasteiger partial charge in [-0.3, -0.25) is 0 Å². The quantitative estimate of drug-likeness (QED) is 0.607. The third kappa shape index (κ3) is 6.27. The number of rotatable bonds is 7. The number of piperazine rings is 1. The van der Waals surface area contributed by atoms with Crippen LogP contribution in [0.2, 0.25) is 5.02 Å². The molecule has 1 fully saturated rings. The van der Waals surface area contributed by atoms with Crippen LogP contribution >= 0.6 is 11.6 Å². The van der Waals surface area contributed by atoms with Crippen molar-refractivity contribution < 1.29 is 14.4 Å². The fraction of sp³-hybridized carbons (Fsp3) is 0.409. The third-order valence-corrected chi connectivity index (χ3v) is 5.59. The number of nitrogens with one attached hydrogen (secondary N) is 3. The second-order valence-electron chi connectivity index (χ2n) is 7.40. The first kappa shape index (κ1) is 21.3. The predicted molar refractivity (Wildman–Crippen MR) is 119 cm³/mol. The van der Waals surface area contributed by atoms with E-state index in [-0.39, 0.29) is 6.03 Å². The lowest BCUT2D eigenvalue weighted by atomic mass is 10.2. The summed E-state index contributed by atoms with van der Waals surface area (Å²) >= 11 is 6.37. The molecule has 3 rings (SSSR count). The molecule has 0 saturated carbocycles. The standard InChI is InChI=1S/C22H29ClN4O2/c1-17-4-6-18(7-5-17)25-22(28)24-10-3-11-26-12-14-27(15-13-26)21-16-19(29-2)8-9-20(21)23/h4-9,16H,3,10-15H2,1-2H3,(H2,24,25,28)/p+1. The topological polar surface area (TPSA) is 58.0 Å². The van der Waals surface area contributed by atoms with Crippen molar-refractivity contribution in [3.63, 3.8) is 0 Å². The number of halogens is 1. The molecule has 1 saturated heterocycles. The van der Waals surface area contributed by atoms with Gasteiger partial charge in [0.25, 0.3) is 0 Å². The van der Waals surface area contributed by atoms with Crippen molar-refractivity contribution in [2.45, 2.75) is 13.3 Å². The van der Waals surface area contributed by atoms with Gasteiger partial charge in [0.2, 0.25) is 0 Å². The lowest BCUT2D eigenvalue weighted by Gasteiger charge is -2.34. The van der Waals surface area contributed by atoms with Crippen LogP contribution in [0.5, 0.6) is 5.75 Å². The molecule has 0 aliphatic carbocycles. The number of anilines is 2. The van der Waals surface area contributed by atoms with Crippen molar-refractivity contribution in [3.8, 4) is 5.75 Å². The number of hydrogen-bond acceptors (Lipinski definition) is 3. The van der Waals surface area contributed by atoms with Crippen molar-refractivity contribution in [2.75, 3.05) is 56.6 Å². The molecule has 7 heteroatoms. The normalized spacial score (nSPS) is 14.5. The molecule has 0 spiro atoms. The van der Waals surface area contributed by atoms with Crippen LogP contribution in [0.3, 0.4) is 0 Å². The lowest BCUT2D eigenvalue weighted by Crippen LogP contribution is -3.15. The largest absolute Gasteiger partial charge is 0.497 e. The van der Waals surface area contributed by atoms with Gasteiger partial charge in [0, 0.05) is 24.7 Å². The number of hydrogen-bond donors (Lipinski definition) is 3. The SMILES string of the molecule is COc1ccc(Cl)c(N2CC[NH+](CCCNC(=O)Nc3ccc(C)cc3)CC2)c1. The van der Waals surface area contributed by atoms with E-state index < -0.39 is 0 Å². The molecular weight excluding hydrogens is 388 g/mol. The van der Waals surface area contributed by atoms with Crippen LogP contribution in [0.25, 0.3) is 0 Å². The first-order chi connectivity index (χ1) is 14.0. The number of benzene rings is 2. The number of carbonyl (C=O) groups is 1. The summed E-state index contributed by atoms with van der Waals surface area (Å²) < 4.78 is 5.32. The van der Waals surface area contributed by atoms with E-state index in [0.717, 1.165) is 61.3 Å². The highest BCUT2D eigenvalue weighted by Crippen LogP contribution is 2.29. The Morgan fingerprint density at radius 1 is 1.17 bits per heavy atom. The minimum Gasteiger partial charge on any atom is -0.497 e. The molecule has 2 aromatic carbocycles. The van der Waals surface area contributed by atoms with E-state index in [9.17, 15) is 4.79 Å². The summed E-state index contributed by atoms with van der Waals surface area (Å²) in [6.07, 6.45) is 0.955. The molecule has 2 aromatic rings. The Balaban J connectivity index is 1.35.